The standard InChI is InChI=1S/C18H29FN4O2.HI/c1-13(2)10-20-18(22-12-17(24)23(4)5)21-11-14(3)25-16-9-7-6-8-15(16)19;/h6-9,13-14H,10-12H2,1-5H3,(H2,20,21,22);1H. The van der Waals surface area contributed by atoms with Crippen molar-refractivity contribution in [3.05, 3.63) is 30.1 Å². The largest absolute Gasteiger partial charge is 0.486 e. The number of likely N-dealkylation sites (N-methyl/N-ethyl adjacent to an activating group) is 1. The Bertz CT molecular complexity index is 582. The lowest BCUT2D eigenvalue weighted by molar-refractivity contribution is -0.127. The van der Waals surface area contributed by atoms with Gasteiger partial charge in [-0.25, -0.2) is 9.38 Å². The molecule has 6 nitrogen and oxygen atoms in total. The normalized spacial score (nSPS) is 12.2. The van der Waals surface area contributed by atoms with Crippen molar-refractivity contribution < 1.29 is 13.9 Å². The summed E-state index contributed by atoms with van der Waals surface area (Å²) in [5.74, 6) is 0.712. The molecule has 0 aliphatic rings. The first-order chi connectivity index (χ1) is 11.8. The minimum absolute atomic E-state index is 0. The molecule has 1 rings (SSSR count). The van der Waals surface area contributed by atoms with Crippen LogP contribution >= 0.6 is 24.0 Å². The molecule has 0 aromatic heterocycles. The molecule has 0 heterocycles. The van der Waals surface area contributed by atoms with Crippen LogP contribution in [0.2, 0.25) is 0 Å². The van der Waals surface area contributed by atoms with Gasteiger partial charge in [0.25, 0.3) is 0 Å². The van der Waals surface area contributed by atoms with Crippen LogP contribution in [0.5, 0.6) is 5.75 Å². The molecule has 0 saturated heterocycles. The number of rotatable bonds is 8. The highest BCUT2D eigenvalue weighted by Crippen LogP contribution is 2.16. The Morgan fingerprint density at radius 2 is 1.81 bits per heavy atom. The van der Waals surface area contributed by atoms with Gasteiger partial charge in [0.05, 0.1) is 6.54 Å². The number of carbonyl (C=O) groups excluding carboxylic acids is 1. The maximum atomic E-state index is 13.6. The number of benzene rings is 1. The first-order valence-corrected chi connectivity index (χ1v) is 8.43. The van der Waals surface area contributed by atoms with Crippen LogP contribution in [-0.2, 0) is 4.79 Å². The van der Waals surface area contributed by atoms with Gasteiger partial charge in [0, 0.05) is 20.6 Å². The quantitative estimate of drug-likeness (QED) is 0.341. The molecule has 0 aliphatic heterocycles. The third-order valence-corrected chi connectivity index (χ3v) is 3.27. The van der Waals surface area contributed by atoms with E-state index in [0.29, 0.717) is 18.4 Å². The van der Waals surface area contributed by atoms with Crippen LogP contribution < -0.4 is 15.4 Å². The van der Waals surface area contributed by atoms with E-state index in [-0.39, 0.29) is 48.3 Å². The number of nitrogens with zero attached hydrogens (tertiary/aromatic N) is 2. The second kappa shape index (κ2) is 12.7. The molecule has 1 aromatic carbocycles. The van der Waals surface area contributed by atoms with Crippen molar-refractivity contribution in [2.45, 2.75) is 26.9 Å². The summed E-state index contributed by atoms with van der Waals surface area (Å²) >= 11 is 0. The van der Waals surface area contributed by atoms with Crippen LogP contribution in [0.3, 0.4) is 0 Å². The number of hydrogen-bond donors (Lipinski definition) is 2. The Hall–Kier alpha value is -1.58. The van der Waals surface area contributed by atoms with E-state index in [2.05, 4.69) is 29.5 Å². The summed E-state index contributed by atoms with van der Waals surface area (Å²) in [5, 5.41) is 6.31. The maximum absolute atomic E-state index is 13.6. The molecule has 0 aliphatic carbocycles. The zero-order valence-corrected chi connectivity index (χ0v) is 18.4. The average molecular weight is 480 g/mol. The Labute approximate surface area is 172 Å². The lowest BCUT2D eigenvalue weighted by Gasteiger charge is -2.19. The molecule has 1 amide bonds. The van der Waals surface area contributed by atoms with Crippen molar-refractivity contribution in [3.8, 4) is 5.75 Å². The van der Waals surface area contributed by atoms with Gasteiger partial charge in [0.15, 0.2) is 17.5 Å². The monoisotopic (exact) mass is 480 g/mol. The Balaban J connectivity index is 0.00000625. The fraction of sp³-hybridized carbons (Fsp3) is 0.556. The van der Waals surface area contributed by atoms with E-state index in [1.165, 1.54) is 11.0 Å². The van der Waals surface area contributed by atoms with Crippen LogP contribution in [0.4, 0.5) is 4.39 Å². The number of halogens is 2. The Kier molecular flexibility index (Phi) is 11.9. The summed E-state index contributed by atoms with van der Waals surface area (Å²) in [7, 11) is 3.38. The fourth-order valence-electron chi connectivity index (χ4n) is 1.80. The van der Waals surface area contributed by atoms with Crippen molar-refractivity contribution in [2.24, 2.45) is 10.9 Å². The van der Waals surface area contributed by atoms with Gasteiger partial charge in [-0.1, -0.05) is 26.0 Å². The molecule has 0 saturated carbocycles. The predicted octanol–water partition coefficient (Wildman–Crippen LogP) is 2.49. The van der Waals surface area contributed by atoms with Crippen molar-refractivity contribution in [1.82, 2.24) is 15.5 Å². The van der Waals surface area contributed by atoms with E-state index in [9.17, 15) is 9.18 Å². The number of guanidine groups is 1. The first kappa shape index (κ1) is 24.4. The van der Waals surface area contributed by atoms with Gasteiger partial charge in [-0.2, -0.15) is 0 Å². The second-order valence-electron chi connectivity index (χ2n) is 6.47. The number of carbonyl (C=O) groups is 1. The molecule has 8 heteroatoms. The van der Waals surface area contributed by atoms with E-state index < -0.39 is 5.82 Å². The molecule has 0 spiro atoms. The third-order valence-electron chi connectivity index (χ3n) is 3.27. The Morgan fingerprint density at radius 1 is 1.19 bits per heavy atom. The van der Waals surface area contributed by atoms with Gasteiger partial charge >= 0.3 is 0 Å². The van der Waals surface area contributed by atoms with E-state index in [1.54, 1.807) is 32.3 Å². The maximum Gasteiger partial charge on any atom is 0.243 e. The van der Waals surface area contributed by atoms with E-state index in [0.717, 1.165) is 6.54 Å². The van der Waals surface area contributed by atoms with E-state index >= 15 is 0 Å². The molecule has 0 fully saturated rings. The molecule has 0 bridgehead atoms. The van der Waals surface area contributed by atoms with Crippen LogP contribution in [0, 0.1) is 11.7 Å². The van der Waals surface area contributed by atoms with Gasteiger partial charge in [-0.05, 0) is 25.0 Å². The van der Waals surface area contributed by atoms with Crippen molar-refractivity contribution in [3.63, 3.8) is 0 Å². The van der Waals surface area contributed by atoms with Crippen molar-refractivity contribution in [1.29, 1.82) is 0 Å². The van der Waals surface area contributed by atoms with Crippen LogP contribution in [-0.4, -0.2) is 56.6 Å². The highest BCUT2D eigenvalue weighted by molar-refractivity contribution is 14.0. The summed E-state index contributed by atoms with van der Waals surface area (Å²) < 4.78 is 19.2. The SMILES string of the molecule is CC(C)CNC(=NCC(=O)N(C)C)NCC(C)Oc1ccccc1F.I. The molecule has 26 heavy (non-hydrogen) atoms. The summed E-state index contributed by atoms with van der Waals surface area (Å²) in [6.07, 6.45) is -0.271. The summed E-state index contributed by atoms with van der Waals surface area (Å²) in [6.45, 7) is 7.21. The number of aliphatic imine (C=N–C) groups is 1. The lowest BCUT2D eigenvalue weighted by atomic mass is 10.2. The molecule has 1 unspecified atom stereocenters. The van der Waals surface area contributed by atoms with Crippen LogP contribution in [0.1, 0.15) is 20.8 Å². The lowest BCUT2D eigenvalue weighted by Crippen LogP contribution is -2.43. The Morgan fingerprint density at radius 3 is 2.38 bits per heavy atom. The van der Waals surface area contributed by atoms with Gasteiger partial charge < -0.3 is 20.3 Å². The number of nitrogens with one attached hydrogen (secondary N) is 2. The van der Waals surface area contributed by atoms with Gasteiger partial charge in [0.1, 0.15) is 12.6 Å². The summed E-state index contributed by atoms with van der Waals surface area (Å²) in [6, 6.07) is 6.29. The smallest absolute Gasteiger partial charge is 0.243 e. The minimum Gasteiger partial charge on any atom is -0.486 e. The van der Waals surface area contributed by atoms with Gasteiger partial charge in [-0.15, -0.1) is 24.0 Å². The van der Waals surface area contributed by atoms with Gasteiger partial charge in [0.2, 0.25) is 5.91 Å². The number of amides is 1. The average Bonchev–Trinajstić information content (AvgIpc) is 2.55. The van der Waals surface area contributed by atoms with Gasteiger partial charge in [-0.3, -0.25) is 4.79 Å². The fourth-order valence-corrected chi connectivity index (χ4v) is 1.80. The van der Waals surface area contributed by atoms with Crippen molar-refractivity contribution >= 4 is 35.8 Å². The molecule has 2 N–H and O–H groups in total. The van der Waals surface area contributed by atoms with Crippen LogP contribution in [0.25, 0.3) is 0 Å². The predicted molar refractivity (Wildman–Crippen MR) is 114 cm³/mol. The molecule has 1 atom stereocenters. The van der Waals surface area contributed by atoms with Crippen molar-refractivity contribution in [2.75, 3.05) is 33.7 Å². The van der Waals surface area contributed by atoms with E-state index in [1.807, 2.05) is 6.92 Å². The zero-order chi connectivity index (χ0) is 18.8. The first-order valence-electron chi connectivity index (χ1n) is 8.43. The second-order valence-corrected chi connectivity index (χ2v) is 6.47. The molecule has 148 valence electrons. The summed E-state index contributed by atoms with van der Waals surface area (Å²) in [5.41, 5.74) is 0. The van der Waals surface area contributed by atoms with Crippen LogP contribution in [0.15, 0.2) is 29.3 Å². The summed E-state index contributed by atoms with van der Waals surface area (Å²) in [4.78, 5) is 17.5. The molecule has 0 radical (unpaired) electrons. The van der Waals surface area contributed by atoms with E-state index in [4.69, 9.17) is 4.74 Å². The molecular weight excluding hydrogens is 450 g/mol. The third kappa shape index (κ3) is 9.79. The number of ether oxygens (including phenoxy) is 1. The zero-order valence-electron chi connectivity index (χ0n) is 16.1. The highest BCUT2D eigenvalue weighted by Gasteiger charge is 2.10. The number of para-hydroxylation sites is 1. The molecule has 1 aromatic rings. The highest BCUT2D eigenvalue weighted by atomic mass is 127. The molecular formula is C18H30FIN4O2. The minimum atomic E-state index is -0.391. The number of hydrogen-bond acceptors (Lipinski definition) is 3. The topological polar surface area (TPSA) is 66.0 Å².